The van der Waals surface area contributed by atoms with Crippen LogP contribution in [0.25, 0.3) is 0 Å². The fourth-order valence-electron chi connectivity index (χ4n) is 4.03. The second-order valence-electron chi connectivity index (χ2n) is 7.47. The summed E-state index contributed by atoms with van der Waals surface area (Å²) in [5, 5.41) is 2.79. The lowest BCUT2D eigenvalue weighted by atomic mass is 9.86. The number of ether oxygens (including phenoxy) is 1. The third-order valence-electron chi connectivity index (χ3n) is 5.51. The molecule has 1 N–H and O–H groups in total. The number of nitrogens with zero attached hydrogens (tertiary/aromatic N) is 2. The predicted molar refractivity (Wildman–Crippen MR) is 104 cm³/mol. The number of carbonyl (C=O) groups is 2. The summed E-state index contributed by atoms with van der Waals surface area (Å²) < 4.78 is 18.3. The highest BCUT2D eigenvalue weighted by Gasteiger charge is 2.48. The van der Waals surface area contributed by atoms with Gasteiger partial charge < -0.3 is 19.9 Å². The van der Waals surface area contributed by atoms with Crippen molar-refractivity contribution in [2.45, 2.75) is 12.8 Å². The van der Waals surface area contributed by atoms with Crippen molar-refractivity contribution in [3.05, 3.63) is 54.3 Å². The summed E-state index contributed by atoms with van der Waals surface area (Å²) in [6.07, 6.45) is 1.20. The number of anilines is 2. The summed E-state index contributed by atoms with van der Waals surface area (Å²) in [6.45, 7) is 1.69. The minimum absolute atomic E-state index is 0.0639. The maximum atomic E-state index is 13.0. The Balaban J connectivity index is 1.43. The minimum atomic E-state index is -0.347. The van der Waals surface area contributed by atoms with E-state index in [-0.39, 0.29) is 23.2 Å². The van der Waals surface area contributed by atoms with Crippen LogP contribution in [0, 0.1) is 11.2 Å². The Bertz CT molecular complexity index is 902. The van der Waals surface area contributed by atoms with Crippen molar-refractivity contribution in [2.24, 2.45) is 5.41 Å². The normalized spacial score (nSPS) is 21.4. The first-order valence-electron chi connectivity index (χ1n) is 9.24. The molecule has 0 unspecified atom stereocenters. The zero-order valence-electron chi connectivity index (χ0n) is 15.7. The van der Waals surface area contributed by atoms with Gasteiger partial charge in [-0.3, -0.25) is 4.79 Å². The monoisotopic (exact) mass is 383 g/mol. The van der Waals surface area contributed by atoms with Crippen LogP contribution in [0.3, 0.4) is 0 Å². The summed E-state index contributed by atoms with van der Waals surface area (Å²) in [5.41, 5.74) is 1.13. The Morgan fingerprint density at radius 3 is 2.71 bits per heavy atom. The van der Waals surface area contributed by atoms with Gasteiger partial charge in [0.15, 0.2) is 0 Å². The molecule has 0 bridgehead atoms. The maximum absolute atomic E-state index is 13.0. The molecular formula is C21H22FN3O3. The molecule has 6 nitrogen and oxygen atoms in total. The zero-order valence-corrected chi connectivity index (χ0v) is 15.7. The van der Waals surface area contributed by atoms with Gasteiger partial charge in [0.1, 0.15) is 11.6 Å². The van der Waals surface area contributed by atoms with Gasteiger partial charge in [0.25, 0.3) is 0 Å². The molecule has 7 heteroatoms. The van der Waals surface area contributed by atoms with Gasteiger partial charge in [-0.25, -0.2) is 9.18 Å². The van der Waals surface area contributed by atoms with E-state index in [2.05, 4.69) is 5.32 Å². The molecule has 4 rings (SSSR count). The van der Waals surface area contributed by atoms with E-state index in [1.54, 1.807) is 16.9 Å². The molecule has 2 aliphatic heterocycles. The van der Waals surface area contributed by atoms with E-state index in [9.17, 15) is 14.0 Å². The molecule has 1 spiro atoms. The molecule has 2 fully saturated rings. The van der Waals surface area contributed by atoms with Crippen molar-refractivity contribution < 1.29 is 18.7 Å². The minimum Gasteiger partial charge on any atom is -0.497 e. The van der Waals surface area contributed by atoms with Crippen LogP contribution in [0.2, 0.25) is 0 Å². The highest BCUT2D eigenvalue weighted by atomic mass is 19.1. The lowest BCUT2D eigenvalue weighted by molar-refractivity contribution is -0.117. The second kappa shape index (κ2) is 7.14. The molecule has 0 aliphatic carbocycles. The Morgan fingerprint density at radius 2 is 1.96 bits per heavy atom. The van der Waals surface area contributed by atoms with Crippen molar-refractivity contribution in [1.82, 2.24) is 4.90 Å². The van der Waals surface area contributed by atoms with E-state index in [0.717, 1.165) is 12.1 Å². The third-order valence-corrected chi connectivity index (χ3v) is 5.51. The van der Waals surface area contributed by atoms with E-state index >= 15 is 0 Å². The molecule has 0 saturated carbocycles. The van der Waals surface area contributed by atoms with Crippen molar-refractivity contribution >= 4 is 23.3 Å². The Kier molecular flexibility index (Phi) is 4.66. The van der Waals surface area contributed by atoms with Gasteiger partial charge in [0.05, 0.1) is 7.11 Å². The van der Waals surface area contributed by atoms with Gasteiger partial charge >= 0.3 is 6.03 Å². The van der Waals surface area contributed by atoms with Crippen LogP contribution in [-0.4, -0.2) is 43.6 Å². The van der Waals surface area contributed by atoms with Crippen LogP contribution >= 0.6 is 0 Å². The molecular weight excluding hydrogens is 361 g/mol. The van der Waals surface area contributed by atoms with E-state index in [1.807, 2.05) is 24.3 Å². The summed E-state index contributed by atoms with van der Waals surface area (Å²) in [7, 11) is 1.60. The number of urea groups is 1. The number of halogens is 1. The fraction of sp³-hybridized carbons (Fsp3) is 0.333. The molecule has 28 heavy (non-hydrogen) atoms. The van der Waals surface area contributed by atoms with Gasteiger partial charge in [-0.2, -0.15) is 0 Å². The lowest BCUT2D eigenvalue weighted by Crippen LogP contribution is -2.36. The van der Waals surface area contributed by atoms with Gasteiger partial charge in [-0.15, -0.1) is 0 Å². The van der Waals surface area contributed by atoms with Crippen molar-refractivity contribution in [1.29, 1.82) is 0 Å². The molecule has 2 heterocycles. The molecule has 1 atom stereocenters. The SMILES string of the molecule is COc1cccc(N2C[C@]3(CCN(C(=O)Nc4ccc(F)cc4)C3)CC2=O)c1. The van der Waals surface area contributed by atoms with Gasteiger partial charge in [-0.05, 0) is 42.8 Å². The van der Waals surface area contributed by atoms with Crippen molar-refractivity contribution in [3.8, 4) is 5.75 Å². The number of amides is 3. The van der Waals surface area contributed by atoms with E-state index in [1.165, 1.54) is 24.3 Å². The average molecular weight is 383 g/mol. The molecule has 2 aliphatic rings. The van der Waals surface area contributed by atoms with Crippen LogP contribution in [0.4, 0.5) is 20.6 Å². The molecule has 2 aromatic rings. The number of methoxy groups -OCH3 is 1. The predicted octanol–water partition coefficient (Wildman–Crippen LogP) is 3.50. The average Bonchev–Trinajstić information content (AvgIpc) is 3.26. The largest absolute Gasteiger partial charge is 0.497 e. The van der Waals surface area contributed by atoms with Crippen molar-refractivity contribution in [2.75, 3.05) is 37.0 Å². The fourth-order valence-corrected chi connectivity index (χ4v) is 4.03. The van der Waals surface area contributed by atoms with Gasteiger partial charge in [-0.1, -0.05) is 6.07 Å². The van der Waals surface area contributed by atoms with Crippen LogP contribution in [0.5, 0.6) is 5.75 Å². The first-order chi connectivity index (χ1) is 13.5. The molecule has 2 aromatic carbocycles. The summed E-state index contributed by atoms with van der Waals surface area (Å²) in [5.74, 6) is 0.423. The summed E-state index contributed by atoms with van der Waals surface area (Å²) in [4.78, 5) is 28.7. The summed E-state index contributed by atoms with van der Waals surface area (Å²) >= 11 is 0. The van der Waals surface area contributed by atoms with Gasteiger partial charge in [0.2, 0.25) is 5.91 Å². The standard InChI is InChI=1S/C21H22FN3O3/c1-28-18-4-2-3-17(11-18)25-14-21(12-19(25)26)9-10-24(13-21)20(27)23-16-7-5-15(22)6-8-16/h2-8,11H,9-10,12-14H2,1H3,(H,23,27)/t21-/m1/s1. The second-order valence-corrected chi connectivity index (χ2v) is 7.47. The molecule has 146 valence electrons. The Morgan fingerprint density at radius 1 is 1.18 bits per heavy atom. The van der Waals surface area contributed by atoms with Crippen LogP contribution in [0.1, 0.15) is 12.8 Å². The maximum Gasteiger partial charge on any atom is 0.321 e. The lowest BCUT2D eigenvalue weighted by Gasteiger charge is -2.24. The van der Waals surface area contributed by atoms with Crippen molar-refractivity contribution in [3.63, 3.8) is 0 Å². The van der Waals surface area contributed by atoms with E-state index in [4.69, 9.17) is 4.74 Å². The van der Waals surface area contributed by atoms with E-state index < -0.39 is 0 Å². The number of hydrogen-bond donors (Lipinski definition) is 1. The third kappa shape index (κ3) is 3.52. The molecule has 0 aromatic heterocycles. The first kappa shape index (κ1) is 18.3. The summed E-state index contributed by atoms with van der Waals surface area (Å²) in [6, 6.07) is 12.9. The number of nitrogens with one attached hydrogen (secondary N) is 1. The molecule has 2 saturated heterocycles. The smallest absolute Gasteiger partial charge is 0.321 e. The Hall–Kier alpha value is -3.09. The number of benzene rings is 2. The topological polar surface area (TPSA) is 61.9 Å². The molecule has 0 radical (unpaired) electrons. The first-order valence-corrected chi connectivity index (χ1v) is 9.24. The highest BCUT2D eigenvalue weighted by Crippen LogP contribution is 2.42. The van der Waals surface area contributed by atoms with Crippen LogP contribution in [0.15, 0.2) is 48.5 Å². The van der Waals surface area contributed by atoms with E-state index in [0.29, 0.717) is 37.5 Å². The van der Waals surface area contributed by atoms with Gasteiger partial charge in [0, 0.05) is 48.9 Å². The highest BCUT2D eigenvalue weighted by molar-refractivity contribution is 5.97. The Labute approximate surface area is 162 Å². The quantitative estimate of drug-likeness (QED) is 0.883. The number of rotatable bonds is 3. The zero-order chi connectivity index (χ0) is 19.7. The number of hydrogen-bond acceptors (Lipinski definition) is 3. The molecule has 3 amide bonds. The van der Waals surface area contributed by atoms with Crippen LogP contribution < -0.4 is 15.0 Å². The number of likely N-dealkylation sites (tertiary alicyclic amines) is 1. The van der Waals surface area contributed by atoms with Crippen LogP contribution in [-0.2, 0) is 4.79 Å². The number of carbonyl (C=O) groups excluding carboxylic acids is 2.